The van der Waals surface area contributed by atoms with Gasteiger partial charge in [0.05, 0.1) is 40.3 Å². The molecule has 0 aromatic carbocycles. The predicted molar refractivity (Wildman–Crippen MR) is 267 cm³/mol. The number of ether oxygens (including phenoxy) is 3. The number of aliphatic carboxylic acids is 1. The van der Waals surface area contributed by atoms with Gasteiger partial charge in [0, 0.05) is 19.3 Å². The Balaban J connectivity index is 4.42. The van der Waals surface area contributed by atoms with Crippen LogP contribution in [-0.2, 0) is 28.6 Å². The predicted octanol–water partition coefficient (Wildman–Crippen LogP) is 12.9. The van der Waals surface area contributed by atoms with Crippen LogP contribution in [0, 0.1) is 0 Å². The summed E-state index contributed by atoms with van der Waals surface area (Å²) in [6.07, 6.45) is 63.7. The van der Waals surface area contributed by atoms with Crippen molar-refractivity contribution in [3.63, 3.8) is 0 Å². The summed E-state index contributed by atoms with van der Waals surface area (Å²) in [4.78, 5) is 37.0. The van der Waals surface area contributed by atoms with Gasteiger partial charge in [0.2, 0.25) is 0 Å². The number of allylic oxidation sites excluding steroid dienone is 20. The van der Waals surface area contributed by atoms with E-state index in [1.165, 1.54) is 0 Å². The van der Waals surface area contributed by atoms with Crippen molar-refractivity contribution in [3.8, 4) is 0 Å². The Hall–Kier alpha value is -4.27. The lowest BCUT2D eigenvalue weighted by atomic mass is 10.1. The first kappa shape index (κ1) is 59.7. The first-order chi connectivity index (χ1) is 31.1. The summed E-state index contributed by atoms with van der Waals surface area (Å²) in [5.74, 6) is -1.82. The second-order valence-electron chi connectivity index (χ2n) is 16.9. The molecule has 0 aliphatic rings. The highest BCUT2D eigenvalue weighted by molar-refractivity contribution is 5.70. The minimum Gasteiger partial charge on any atom is -0.544 e. The van der Waals surface area contributed by atoms with Gasteiger partial charge in [0.25, 0.3) is 0 Å². The van der Waals surface area contributed by atoms with Crippen molar-refractivity contribution in [2.24, 2.45) is 0 Å². The zero-order chi connectivity index (χ0) is 47.0. The Morgan fingerprint density at radius 2 is 0.828 bits per heavy atom. The number of quaternary nitrogens is 1. The Morgan fingerprint density at radius 3 is 1.20 bits per heavy atom. The Labute approximate surface area is 391 Å². The summed E-state index contributed by atoms with van der Waals surface area (Å²) in [6, 6.07) is -0.744. The summed E-state index contributed by atoms with van der Waals surface area (Å²) >= 11 is 0. The fourth-order valence-corrected chi connectivity index (χ4v) is 6.36. The molecule has 0 spiro atoms. The normalized spacial score (nSPS) is 14.0. The lowest BCUT2D eigenvalue weighted by molar-refractivity contribution is -0.889. The fraction of sp³-hybridized carbons (Fsp3) is 0.589. The number of likely N-dealkylation sites (N-methyl/N-ethyl adjacent to an activating group) is 1. The van der Waals surface area contributed by atoms with Gasteiger partial charge in [0.1, 0.15) is 12.6 Å². The number of unbranched alkanes of at least 4 members (excludes halogenated alkanes) is 8. The number of rotatable bonds is 42. The van der Waals surface area contributed by atoms with Crippen LogP contribution in [0.4, 0.5) is 0 Å². The molecule has 0 amide bonds. The van der Waals surface area contributed by atoms with E-state index in [0.717, 1.165) is 128 Å². The maximum absolute atomic E-state index is 12.8. The molecule has 2 unspecified atom stereocenters. The highest BCUT2D eigenvalue weighted by atomic mass is 16.6. The van der Waals surface area contributed by atoms with Crippen molar-refractivity contribution in [1.29, 1.82) is 0 Å². The van der Waals surface area contributed by atoms with Crippen LogP contribution in [0.15, 0.2) is 122 Å². The second kappa shape index (κ2) is 45.3. The highest BCUT2D eigenvalue weighted by Crippen LogP contribution is 2.12. The van der Waals surface area contributed by atoms with Crippen LogP contribution < -0.4 is 5.11 Å². The maximum atomic E-state index is 12.8. The van der Waals surface area contributed by atoms with E-state index in [-0.39, 0.29) is 49.1 Å². The summed E-state index contributed by atoms with van der Waals surface area (Å²) in [6.45, 7) is 4.36. The number of carbonyl (C=O) groups is 3. The summed E-state index contributed by atoms with van der Waals surface area (Å²) in [5, 5.41) is 11.7. The minimum absolute atomic E-state index is 0.0129. The molecule has 0 heterocycles. The summed E-state index contributed by atoms with van der Waals surface area (Å²) in [5.41, 5.74) is 0. The maximum Gasteiger partial charge on any atom is 0.306 e. The average molecular weight is 888 g/mol. The van der Waals surface area contributed by atoms with Crippen molar-refractivity contribution in [2.75, 3.05) is 41.0 Å². The molecule has 0 saturated heterocycles. The van der Waals surface area contributed by atoms with Crippen LogP contribution in [-0.4, -0.2) is 75.5 Å². The van der Waals surface area contributed by atoms with Crippen LogP contribution in [0.5, 0.6) is 0 Å². The SMILES string of the molecule is CC/C=C/C/C=C/C/C=C/C/C=C/C/C=C/CCCCCCC(=O)OCC(COCCC(C(=O)[O-])[N+](C)(C)C)OC(=O)CCCCCC/C=C/C/C=C/C/C=C/C/C=C/C/C=C/CC. The van der Waals surface area contributed by atoms with Gasteiger partial charge in [0.15, 0.2) is 6.10 Å². The number of nitrogens with zero attached hydrogens (tertiary/aromatic N) is 1. The Bertz CT molecular complexity index is 1450. The molecule has 0 aliphatic carbocycles. The molecule has 2 atom stereocenters. The van der Waals surface area contributed by atoms with Crippen molar-refractivity contribution in [3.05, 3.63) is 122 Å². The molecule has 0 N–H and O–H groups in total. The monoisotopic (exact) mass is 888 g/mol. The molecule has 8 heteroatoms. The van der Waals surface area contributed by atoms with Crippen LogP contribution >= 0.6 is 0 Å². The largest absolute Gasteiger partial charge is 0.544 e. The number of carboxylic acids is 1. The van der Waals surface area contributed by atoms with Gasteiger partial charge in [-0.05, 0) is 103 Å². The van der Waals surface area contributed by atoms with Gasteiger partial charge in [-0.3, -0.25) is 9.59 Å². The van der Waals surface area contributed by atoms with Gasteiger partial charge < -0.3 is 28.6 Å². The number of hydrogen-bond donors (Lipinski definition) is 0. The van der Waals surface area contributed by atoms with Gasteiger partial charge in [-0.2, -0.15) is 0 Å². The minimum atomic E-state index is -1.14. The molecule has 0 bridgehead atoms. The van der Waals surface area contributed by atoms with Crippen LogP contribution in [0.2, 0.25) is 0 Å². The molecule has 360 valence electrons. The zero-order valence-corrected chi connectivity index (χ0v) is 40.9. The third kappa shape index (κ3) is 43.0. The topological polar surface area (TPSA) is 102 Å². The first-order valence-corrected chi connectivity index (χ1v) is 24.6. The van der Waals surface area contributed by atoms with Crippen molar-refractivity contribution in [2.45, 2.75) is 174 Å². The molecule has 0 aliphatic heterocycles. The molecule has 0 aromatic rings. The Kier molecular flexibility index (Phi) is 42.3. The van der Waals surface area contributed by atoms with Gasteiger partial charge in [-0.15, -0.1) is 0 Å². The van der Waals surface area contributed by atoms with E-state index in [2.05, 4.69) is 135 Å². The van der Waals surface area contributed by atoms with E-state index in [0.29, 0.717) is 6.42 Å². The Morgan fingerprint density at radius 1 is 0.469 bits per heavy atom. The van der Waals surface area contributed by atoms with Crippen molar-refractivity contribution in [1.82, 2.24) is 0 Å². The first-order valence-electron chi connectivity index (χ1n) is 24.6. The number of hydrogen-bond acceptors (Lipinski definition) is 7. The molecule has 0 aromatic heterocycles. The van der Waals surface area contributed by atoms with E-state index in [9.17, 15) is 19.5 Å². The molecule has 0 fully saturated rings. The van der Waals surface area contributed by atoms with E-state index in [1.54, 1.807) is 21.1 Å². The van der Waals surface area contributed by atoms with Gasteiger partial charge >= 0.3 is 11.9 Å². The lowest BCUT2D eigenvalue weighted by Gasteiger charge is -2.34. The summed E-state index contributed by atoms with van der Waals surface area (Å²) in [7, 11) is 5.38. The molecule has 0 rings (SSSR count). The fourth-order valence-electron chi connectivity index (χ4n) is 6.36. The molecule has 0 radical (unpaired) electrons. The molecular weight excluding hydrogens is 799 g/mol. The van der Waals surface area contributed by atoms with Crippen LogP contribution in [0.1, 0.15) is 162 Å². The van der Waals surface area contributed by atoms with E-state index in [4.69, 9.17) is 14.2 Å². The van der Waals surface area contributed by atoms with Crippen molar-refractivity contribution >= 4 is 17.9 Å². The summed E-state index contributed by atoms with van der Waals surface area (Å²) < 4.78 is 17.2. The van der Waals surface area contributed by atoms with E-state index in [1.807, 2.05) is 0 Å². The standard InChI is InChI=1S/C56H89NO7/c1-6-8-10-12-14-16-18-20-22-24-26-28-30-32-34-36-38-40-42-44-46-54(58)63-51-52(50-62-49-48-53(56(60)61)57(3,4)5)64-55(59)47-45-43-41-39-37-35-33-31-29-27-25-23-21-19-17-15-13-11-9-7-2/h8-11,14-17,20-23,26-29,32-35,52-53H,6-7,12-13,18-19,24-25,30-31,36-51H2,1-5H3/b10-8+,11-9+,16-14+,17-15+,22-20+,23-21+,28-26+,29-27+,34-32+,35-33+. The molecule has 64 heavy (non-hydrogen) atoms. The number of carboxylic acid groups (broad SMARTS) is 1. The van der Waals surface area contributed by atoms with Crippen molar-refractivity contribution < 1.29 is 38.2 Å². The third-order valence-electron chi connectivity index (χ3n) is 10.1. The van der Waals surface area contributed by atoms with Gasteiger partial charge in [-0.25, -0.2) is 0 Å². The lowest BCUT2D eigenvalue weighted by Crippen LogP contribution is -2.55. The van der Waals surface area contributed by atoms with E-state index >= 15 is 0 Å². The number of carbonyl (C=O) groups excluding carboxylic acids is 3. The smallest absolute Gasteiger partial charge is 0.306 e. The quantitative estimate of drug-likeness (QED) is 0.0260. The van der Waals surface area contributed by atoms with Gasteiger partial charge in [-0.1, -0.05) is 161 Å². The van der Waals surface area contributed by atoms with E-state index < -0.39 is 18.1 Å². The molecule has 8 nitrogen and oxygen atoms in total. The van der Waals surface area contributed by atoms with Crippen LogP contribution in [0.25, 0.3) is 0 Å². The zero-order valence-electron chi connectivity index (χ0n) is 40.9. The number of esters is 2. The second-order valence-corrected chi connectivity index (χ2v) is 16.9. The third-order valence-corrected chi connectivity index (χ3v) is 10.1. The average Bonchev–Trinajstić information content (AvgIpc) is 3.26. The molecule has 0 saturated carbocycles. The highest BCUT2D eigenvalue weighted by Gasteiger charge is 2.25. The van der Waals surface area contributed by atoms with Crippen LogP contribution in [0.3, 0.4) is 0 Å². The molecular formula is C56H89NO7.